The van der Waals surface area contributed by atoms with Crippen molar-refractivity contribution in [2.45, 2.75) is 0 Å². The van der Waals surface area contributed by atoms with Crippen LogP contribution in [-0.4, -0.2) is 73.5 Å². The molecule has 0 fully saturated rings. The van der Waals surface area contributed by atoms with Gasteiger partial charge in [0.25, 0.3) is 0 Å². The van der Waals surface area contributed by atoms with E-state index in [1.807, 2.05) is 5.38 Å². The number of pyridine rings is 2. The molecule has 210 valence electrons. The second-order valence-electron chi connectivity index (χ2n) is 8.87. The zero-order valence-electron chi connectivity index (χ0n) is 21.3. The molecule has 7 heterocycles. The van der Waals surface area contributed by atoms with Crippen molar-refractivity contribution in [3.8, 4) is 66.4 Å². The van der Waals surface area contributed by atoms with Crippen molar-refractivity contribution in [1.29, 1.82) is 0 Å². The molecule has 0 atom stereocenters. The van der Waals surface area contributed by atoms with E-state index in [-0.39, 0.29) is 39.9 Å². The Morgan fingerprint density at radius 3 is 2.14 bits per heavy atom. The Morgan fingerprint density at radius 1 is 0.690 bits per heavy atom. The summed E-state index contributed by atoms with van der Waals surface area (Å²) in [6.45, 7) is 1.62. The van der Waals surface area contributed by atoms with Crippen molar-refractivity contribution in [3.05, 3.63) is 53.3 Å². The van der Waals surface area contributed by atoms with Gasteiger partial charge in [-0.15, -0.1) is 22.7 Å². The van der Waals surface area contributed by atoms with Crippen LogP contribution in [-0.2, 0) is 0 Å². The summed E-state index contributed by atoms with van der Waals surface area (Å²) in [5, 5.41) is 21.0. The number of aromatic carboxylic acids is 2. The van der Waals surface area contributed by atoms with Crippen LogP contribution in [0, 0.1) is 0 Å². The van der Waals surface area contributed by atoms with Crippen LogP contribution in [0.1, 0.15) is 20.7 Å². The highest BCUT2D eigenvalue weighted by atomic mass is 32.1. The summed E-state index contributed by atoms with van der Waals surface area (Å²) in [5.74, 6) is 0.376. The maximum Gasteiger partial charge on any atom is 0.335 e. The summed E-state index contributed by atoms with van der Waals surface area (Å²) in [6, 6.07) is 5.28. The first-order valence-corrected chi connectivity index (χ1v) is 14.1. The molecule has 13 nitrogen and oxygen atoms in total. The van der Waals surface area contributed by atoms with Crippen LogP contribution in [0.3, 0.4) is 0 Å². The van der Waals surface area contributed by atoms with E-state index >= 15 is 0 Å². The van der Waals surface area contributed by atoms with Crippen molar-refractivity contribution in [3.63, 3.8) is 0 Å². The van der Waals surface area contributed by atoms with E-state index in [0.717, 1.165) is 9.75 Å². The topological polar surface area (TPSA) is 176 Å². The SMILES string of the molecule is O=C(O)c1ccnc(-c2cc(C(=O)O)cc(-c3ncnc(-c4sc(-c5scc6c5OCCO6)c5c4OCCO5)n3)n2)c1. The van der Waals surface area contributed by atoms with Crippen LogP contribution in [0.15, 0.2) is 42.2 Å². The van der Waals surface area contributed by atoms with Crippen LogP contribution in [0.25, 0.3) is 43.4 Å². The van der Waals surface area contributed by atoms with Crippen molar-refractivity contribution in [2.24, 2.45) is 0 Å². The average molecular weight is 604 g/mol. The van der Waals surface area contributed by atoms with Gasteiger partial charge in [0.2, 0.25) is 0 Å². The second kappa shape index (κ2) is 10.4. The van der Waals surface area contributed by atoms with Gasteiger partial charge in [0.05, 0.1) is 32.3 Å². The maximum atomic E-state index is 12.0. The Labute approximate surface area is 244 Å². The number of hydrogen-bond acceptors (Lipinski definition) is 13. The Kier molecular flexibility index (Phi) is 6.36. The van der Waals surface area contributed by atoms with Crippen LogP contribution in [0.2, 0.25) is 0 Å². The molecule has 15 heteroatoms. The van der Waals surface area contributed by atoms with Crippen LogP contribution >= 0.6 is 22.7 Å². The minimum absolute atomic E-state index is 0.0176. The summed E-state index contributed by atoms with van der Waals surface area (Å²) in [5.41, 5.74) is 0.346. The molecule has 0 bridgehead atoms. The molecule has 0 amide bonds. The fraction of sp³-hybridized carbons (Fsp3) is 0.148. The highest BCUT2D eigenvalue weighted by Crippen LogP contribution is 2.57. The highest BCUT2D eigenvalue weighted by Gasteiger charge is 2.32. The number of carbonyl (C=O) groups is 2. The molecule has 42 heavy (non-hydrogen) atoms. The predicted molar refractivity (Wildman–Crippen MR) is 149 cm³/mol. The number of rotatable bonds is 6. The zero-order valence-corrected chi connectivity index (χ0v) is 22.9. The first kappa shape index (κ1) is 25.8. The van der Waals surface area contributed by atoms with Crippen molar-refractivity contribution >= 4 is 34.6 Å². The van der Waals surface area contributed by atoms with Gasteiger partial charge < -0.3 is 29.2 Å². The van der Waals surface area contributed by atoms with Gasteiger partial charge in [0.15, 0.2) is 34.6 Å². The van der Waals surface area contributed by atoms with Crippen molar-refractivity contribution < 1.29 is 38.7 Å². The minimum atomic E-state index is -1.21. The lowest BCUT2D eigenvalue weighted by atomic mass is 10.1. The standard InChI is InChI=1S/C27H17N5O8S2/c33-26(34)12-1-2-28-14(7-12)15-8-13(27(35)36)9-16(31-15)24-29-11-30-25(32-24)23-20-19(39-5-6-40-20)22(42-23)21-18-17(10-41-21)37-3-4-38-18/h1-2,7-11H,3-6H2,(H,33,34)(H,35,36). The van der Waals surface area contributed by atoms with Gasteiger partial charge >= 0.3 is 11.9 Å². The van der Waals surface area contributed by atoms with Crippen LogP contribution in [0.5, 0.6) is 23.0 Å². The monoisotopic (exact) mass is 603 g/mol. The fourth-order valence-electron chi connectivity index (χ4n) is 4.40. The van der Waals surface area contributed by atoms with Crippen molar-refractivity contribution in [1.82, 2.24) is 24.9 Å². The van der Waals surface area contributed by atoms with Crippen LogP contribution in [0.4, 0.5) is 0 Å². The normalized spacial score (nSPS) is 13.5. The molecule has 2 aliphatic heterocycles. The quantitative estimate of drug-likeness (QED) is 0.280. The second-order valence-corrected chi connectivity index (χ2v) is 10.8. The van der Waals surface area contributed by atoms with E-state index in [1.165, 1.54) is 59.5 Å². The molecule has 0 aliphatic carbocycles. The number of hydrogen-bond donors (Lipinski definition) is 2. The molecule has 2 N–H and O–H groups in total. The van der Waals surface area contributed by atoms with E-state index in [1.54, 1.807) is 0 Å². The summed E-state index contributed by atoms with van der Waals surface area (Å²) in [7, 11) is 0. The van der Waals surface area contributed by atoms with Gasteiger partial charge in [0, 0.05) is 11.6 Å². The molecule has 0 saturated heterocycles. The Morgan fingerprint density at radius 2 is 1.36 bits per heavy atom. The number of fused-ring (bicyclic) bond motifs is 2. The van der Waals surface area contributed by atoms with Gasteiger partial charge in [-0.2, -0.15) is 0 Å². The van der Waals surface area contributed by atoms with Gasteiger partial charge in [-0.3, -0.25) is 4.98 Å². The summed E-state index contributed by atoms with van der Waals surface area (Å²) in [4.78, 5) is 47.6. The molecule has 5 aromatic heterocycles. The zero-order chi connectivity index (χ0) is 28.8. The fourth-order valence-corrected chi connectivity index (χ4v) is 6.60. The van der Waals surface area contributed by atoms with Gasteiger partial charge in [0.1, 0.15) is 43.3 Å². The smallest absolute Gasteiger partial charge is 0.335 e. The lowest BCUT2D eigenvalue weighted by Crippen LogP contribution is -2.15. The minimum Gasteiger partial charge on any atom is -0.485 e. The first-order chi connectivity index (χ1) is 20.5. The number of carboxylic acid groups (broad SMARTS) is 2. The molecule has 0 spiro atoms. The summed E-state index contributed by atoms with van der Waals surface area (Å²) in [6.07, 6.45) is 2.62. The Balaban J connectivity index is 1.33. The Bertz CT molecular complexity index is 1890. The number of nitrogens with zero attached hydrogens (tertiary/aromatic N) is 5. The molecule has 0 saturated carbocycles. The summed E-state index contributed by atoms with van der Waals surface area (Å²) < 4.78 is 23.6. The number of thiophene rings is 2. The lowest BCUT2D eigenvalue weighted by Gasteiger charge is -2.18. The lowest BCUT2D eigenvalue weighted by molar-refractivity contribution is 0.0686. The van der Waals surface area contributed by atoms with E-state index in [2.05, 4.69) is 24.9 Å². The first-order valence-electron chi connectivity index (χ1n) is 12.4. The third-order valence-corrected chi connectivity index (χ3v) is 8.50. The molecule has 2 aliphatic rings. The van der Waals surface area contributed by atoms with Gasteiger partial charge in [-0.1, -0.05) is 0 Å². The highest BCUT2D eigenvalue weighted by molar-refractivity contribution is 7.24. The number of carboxylic acids is 2. The predicted octanol–water partition coefficient (Wildman–Crippen LogP) is 4.39. The molecule has 7 rings (SSSR count). The third kappa shape index (κ3) is 4.53. The summed E-state index contributed by atoms with van der Waals surface area (Å²) >= 11 is 2.84. The molecule has 5 aromatic rings. The molecule has 0 radical (unpaired) electrons. The molecule has 0 aromatic carbocycles. The third-order valence-electron chi connectivity index (χ3n) is 6.25. The average Bonchev–Trinajstić information content (AvgIpc) is 3.63. The number of ether oxygens (including phenoxy) is 4. The largest absolute Gasteiger partial charge is 0.485 e. The maximum absolute atomic E-state index is 12.0. The number of aromatic nitrogens is 5. The molecule has 0 unspecified atom stereocenters. The Hall–Kier alpha value is -5.15. The van der Waals surface area contributed by atoms with E-state index in [4.69, 9.17) is 18.9 Å². The van der Waals surface area contributed by atoms with Crippen LogP contribution < -0.4 is 18.9 Å². The van der Waals surface area contributed by atoms with E-state index in [9.17, 15) is 19.8 Å². The molecular weight excluding hydrogens is 586 g/mol. The van der Waals surface area contributed by atoms with E-state index in [0.29, 0.717) is 54.3 Å². The molecular formula is C27H17N5O8S2. The van der Waals surface area contributed by atoms with Gasteiger partial charge in [-0.05, 0) is 24.3 Å². The van der Waals surface area contributed by atoms with E-state index < -0.39 is 11.9 Å². The van der Waals surface area contributed by atoms with Gasteiger partial charge in [-0.25, -0.2) is 29.5 Å². The van der Waals surface area contributed by atoms with Crippen molar-refractivity contribution in [2.75, 3.05) is 26.4 Å².